The summed E-state index contributed by atoms with van der Waals surface area (Å²) in [6.07, 6.45) is 3.27. The zero-order valence-electron chi connectivity index (χ0n) is 16.7. The van der Waals surface area contributed by atoms with Crippen molar-refractivity contribution in [1.82, 2.24) is 15.1 Å². The molecule has 3 rings (SSSR count). The first-order chi connectivity index (χ1) is 12.5. The van der Waals surface area contributed by atoms with Gasteiger partial charge in [-0.3, -0.25) is 9.69 Å². The lowest BCUT2D eigenvalue weighted by molar-refractivity contribution is -0.137. The third kappa shape index (κ3) is 5.97. The van der Waals surface area contributed by atoms with E-state index in [1.165, 1.54) is 0 Å². The second kappa shape index (κ2) is 11.6. The second-order valence-corrected chi connectivity index (χ2v) is 8.14. The fourth-order valence-corrected chi connectivity index (χ4v) is 4.57. The molecule has 2 aliphatic heterocycles. The first-order valence-corrected chi connectivity index (χ1v) is 9.84. The van der Waals surface area contributed by atoms with Gasteiger partial charge in [0.1, 0.15) is 0 Å². The first kappa shape index (κ1) is 25.5. The summed E-state index contributed by atoms with van der Waals surface area (Å²) in [5.74, 6) is 0.194. The summed E-state index contributed by atoms with van der Waals surface area (Å²) in [4.78, 5) is 17.5. The number of ether oxygens (including phenoxy) is 1. The smallest absolute Gasteiger partial charge is 0.240 e. The van der Waals surface area contributed by atoms with Crippen LogP contribution in [-0.4, -0.2) is 68.7 Å². The number of nitrogens with zero attached hydrogens (tertiary/aromatic N) is 2. The summed E-state index contributed by atoms with van der Waals surface area (Å²) in [6.45, 7) is 4.76. The van der Waals surface area contributed by atoms with Crippen LogP contribution in [-0.2, 0) is 16.1 Å². The molecular formula is C20H32Cl3N3O2. The normalized spacial score (nSPS) is 21.0. The average molecular weight is 453 g/mol. The Morgan fingerprint density at radius 3 is 2.64 bits per heavy atom. The predicted molar refractivity (Wildman–Crippen MR) is 119 cm³/mol. The van der Waals surface area contributed by atoms with E-state index in [0.29, 0.717) is 24.7 Å². The van der Waals surface area contributed by atoms with E-state index >= 15 is 0 Å². The third-order valence-electron chi connectivity index (χ3n) is 5.89. The van der Waals surface area contributed by atoms with Gasteiger partial charge < -0.3 is 15.0 Å². The lowest BCUT2D eigenvalue weighted by Gasteiger charge is -2.33. The second-order valence-electron chi connectivity index (χ2n) is 7.73. The highest BCUT2D eigenvalue weighted by Gasteiger charge is 2.46. The zero-order valence-corrected chi connectivity index (χ0v) is 19.0. The Morgan fingerprint density at radius 1 is 1.32 bits per heavy atom. The van der Waals surface area contributed by atoms with Gasteiger partial charge in [-0.05, 0) is 56.4 Å². The molecule has 2 saturated heterocycles. The number of likely N-dealkylation sites (N-methyl/N-ethyl adjacent to an activating group) is 1. The number of carbonyl (C=O) groups is 1. The summed E-state index contributed by atoms with van der Waals surface area (Å²) < 4.78 is 5.24. The topological polar surface area (TPSA) is 44.8 Å². The van der Waals surface area contributed by atoms with E-state index in [1.807, 2.05) is 29.2 Å². The molecule has 2 fully saturated rings. The van der Waals surface area contributed by atoms with E-state index in [0.717, 1.165) is 44.5 Å². The largest absolute Gasteiger partial charge is 0.383 e. The molecule has 28 heavy (non-hydrogen) atoms. The van der Waals surface area contributed by atoms with Crippen LogP contribution >= 0.6 is 36.4 Å². The number of nitrogens with one attached hydrogen (secondary N) is 1. The number of amides is 1. The Labute approximate surface area is 185 Å². The van der Waals surface area contributed by atoms with E-state index < -0.39 is 0 Å². The third-order valence-corrected chi connectivity index (χ3v) is 6.26. The maximum Gasteiger partial charge on any atom is 0.240 e. The molecule has 1 aromatic rings. The van der Waals surface area contributed by atoms with Crippen LogP contribution in [0.25, 0.3) is 0 Å². The minimum absolute atomic E-state index is 0. The molecule has 1 N–H and O–H groups in total. The predicted octanol–water partition coefficient (Wildman–Crippen LogP) is 3.23. The van der Waals surface area contributed by atoms with Crippen molar-refractivity contribution in [3.05, 3.63) is 34.9 Å². The molecule has 5 nitrogen and oxygen atoms in total. The molecule has 8 heteroatoms. The molecule has 1 atom stereocenters. The molecule has 0 aromatic heterocycles. The Balaban J connectivity index is 0.00000196. The highest BCUT2D eigenvalue weighted by atomic mass is 35.5. The van der Waals surface area contributed by atoms with E-state index in [-0.39, 0.29) is 42.2 Å². The minimum atomic E-state index is -0.0487. The fourth-order valence-electron chi connectivity index (χ4n) is 4.38. The molecule has 0 radical (unpaired) electrons. The van der Waals surface area contributed by atoms with Crippen molar-refractivity contribution in [2.24, 2.45) is 5.41 Å². The molecule has 0 saturated carbocycles. The Hall–Kier alpha value is -0.560. The number of hydrogen-bond donors (Lipinski definition) is 1. The Morgan fingerprint density at radius 2 is 2.00 bits per heavy atom. The van der Waals surface area contributed by atoms with Gasteiger partial charge in [-0.15, -0.1) is 24.8 Å². The average Bonchev–Trinajstić information content (AvgIpc) is 2.95. The van der Waals surface area contributed by atoms with E-state index in [9.17, 15) is 4.79 Å². The van der Waals surface area contributed by atoms with Gasteiger partial charge >= 0.3 is 0 Å². The van der Waals surface area contributed by atoms with Crippen LogP contribution in [0.15, 0.2) is 24.3 Å². The number of carbonyl (C=O) groups excluding carboxylic acids is 1. The Bertz CT molecular complexity index is 626. The SMILES string of the molecule is COCCN(Cc1ccccc1Cl)C(=O)C1CC2(CCNCC2)CN1C.Cl.Cl. The lowest BCUT2D eigenvalue weighted by atomic mass is 9.77. The van der Waals surface area contributed by atoms with Crippen molar-refractivity contribution in [3.63, 3.8) is 0 Å². The number of halogens is 3. The van der Waals surface area contributed by atoms with Crippen molar-refractivity contribution in [2.45, 2.75) is 31.8 Å². The zero-order chi connectivity index (χ0) is 18.6. The van der Waals surface area contributed by atoms with Crippen molar-refractivity contribution >= 4 is 42.3 Å². The van der Waals surface area contributed by atoms with Crippen molar-refractivity contribution < 1.29 is 9.53 Å². The van der Waals surface area contributed by atoms with Crippen LogP contribution < -0.4 is 5.32 Å². The molecule has 0 aliphatic carbocycles. The van der Waals surface area contributed by atoms with Crippen molar-refractivity contribution in [2.75, 3.05) is 46.9 Å². The quantitative estimate of drug-likeness (QED) is 0.720. The van der Waals surface area contributed by atoms with Crippen LogP contribution in [0.3, 0.4) is 0 Å². The molecule has 1 spiro atoms. The summed E-state index contributed by atoms with van der Waals surface area (Å²) in [5, 5.41) is 4.15. The van der Waals surface area contributed by atoms with Crippen LogP contribution in [0.4, 0.5) is 0 Å². The Kier molecular flexibility index (Phi) is 10.5. The molecule has 1 aromatic carbocycles. The number of methoxy groups -OCH3 is 1. The molecule has 0 bridgehead atoms. The summed E-state index contributed by atoms with van der Waals surface area (Å²) in [5.41, 5.74) is 1.27. The maximum absolute atomic E-state index is 13.4. The minimum Gasteiger partial charge on any atom is -0.383 e. The van der Waals surface area contributed by atoms with Crippen LogP contribution in [0.1, 0.15) is 24.8 Å². The summed E-state index contributed by atoms with van der Waals surface area (Å²) >= 11 is 6.33. The monoisotopic (exact) mass is 451 g/mol. The van der Waals surface area contributed by atoms with Gasteiger partial charge in [0.25, 0.3) is 0 Å². The van der Waals surface area contributed by atoms with Gasteiger partial charge in [0.2, 0.25) is 5.91 Å². The highest BCUT2D eigenvalue weighted by molar-refractivity contribution is 6.31. The molecule has 1 amide bonds. The van der Waals surface area contributed by atoms with E-state index in [4.69, 9.17) is 16.3 Å². The van der Waals surface area contributed by atoms with Crippen molar-refractivity contribution in [1.29, 1.82) is 0 Å². The molecule has 1 unspecified atom stereocenters. The van der Waals surface area contributed by atoms with Crippen molar-refractivity contribution in [3.8, 4) is 0 Å². The first-order valence-electron chi connectivity index (χ1n) is 9.47. The number of hydrogen-bond acceptors (Lipinski definition) is 4. The molecule has 2 heterocycles. The molecule has 2 aliphatic rings. The fraction of sp³-hybridized carbons (Fsp3) is 0.650. The highest BCUT2D eigenvalue weighted by Crippen LogP contribution is 2.41. The summed E-state index contributed by atoms with van der Waals surface area (Å²) in [7, 11) is 3.76. The van der Waals surface area contributed by atoms with E-state index in [2.05, 4.69) is 17.3 Å². The number of rotatable bonds is 6. The summed E-state index contributed by atoms with van der Waals surface area (Å²) in [6, 6.07) is 7.70. The van der Waals surface area contributed by atoms with Gasteiger partial charge in [0.05, 0.1) is 12.6 Å². The standard InChI is InChI=1S/C20H30ClN3O2.2ClH/c1-23-15-20(7-9-22-10-8-20)13-18(23)19(25)24(11-12-26-2)14-16-5-3-4-6-17(16)21;;/h3-6,18,22H,7-15H2,1-2H3;2*1H. The number of likely N-dealkylation sites (tertiary alicyclic amines) is 1. The van der Waals surface area contributed by atoms with Gasteiger partial charge in [0.15, 0.2) is 0 Å². The van der Waals surface area contributed by atoms with Gasteiger partial charge in [-0.1, -0.05) is 29.8 Å². The number of piperidine rings is 1. The van der Waals surface area contributed by atoms with Crippen LogP contribution in [0, 0.1) is 5.41 Å². The van der Waals surface area contributed by atoms with E-state index in [1.54, 1.807) is 7.11 Å². The number of benzene rings is 1. The van der Waals surface area contributed by atoms with Crippen LogP contribution in [0.2, 0.25) is 5.02 Å². The lowest BCUT2D eigenvalue weighted by Crippen LogP contribution is -2.45. The van der Waals surface area contributed by atoms with Gasteiger partial charge in [-0.25, -0.2) is 0 Å². The van der Waals surface area contributed by atoms with Gasteiger partial charge in [-0.2, -0.15) is 0 Å². The molecular weight excluding hydrogens is 421 g/mol. The van der Waals surface area contributed by atoms with Gasteiger partial charge in [0, 0.05) is 31.8 Å². The maximum atomic E-state index is 13.4. The molecule has 160 valence electrons. The van der Waals surface area contributed by atoms with Crippen LogP contribution in [0.5, 0.6) is 0 Å².